The quantitative estimate of drug-likeness (QED) is 0.579. The molecule has 0 nitrogen and oxygen atoms in total. The van der Waals surface area contributed by atoms with Crippen LogP contribution in [0.25, 0.3) is 0 Å². The van der Waals surface area contributed by atoms with Gasteiger partial charge in [0.15, 0.2) is 0 Å². The number of halogens is 3. The number of hydrogen-bond acceptors (Lipinski definition) is 0. The molecule has 0 saturated heterocycles. The number of hydrogen-bond donors (Lipinski definition) is 0. The summed E-state index contributed by atoms with van der Waals surface area (Å²) < 4.78 is 13.1. The standard InChI is InChI=1S/C17H23Cl2F/c1-17(2,3)13-5-7-15(18)12(9-13)8-11-4-6-14(20)10-16(11)19/h4,6,10,12-13,15H,5,7-9H2,1-3H3. The Balaban J connectivity index is 2.10. The van der Waals surface area contributed by atoms with Gasteiger partial charge in [0.05, 0.1) is 0 Å². The summed E-state index contributed by atoms with van der Waals surface area (Å²) in [5, 5.41) is 0.724. The first-order valence-electron chi connectivity index (χ1n) is 7.35. The van der Waals surface area contributed by atoms with Crippen LogP contribution in [0, 0.1) is 23.1 Å². The molecule has 0 spiro atoms. The molecule has 2 rings (SSSR count). The van der Waals surface area contributed by atoms with Crippen molar-refractivity contribution in [1.82, 2.24) is 0 Å². The van der Waals surface area contributed by atoms with E-state index in [0.29, 0.717) is 22.3 Å². The van der Waals surface area contributed by atoms with Crippen molar-refractivity contribution >= 4 is 23.2 Å². The SMILES string of the molecule is CC(C)(C)C1CCC(Cl)C(Cc2ccc(F)cc2Cl)C1. The first-order valence-corrected chi connectivity index (χ1v) is 8.17. The summed E-state index contributed by atoms with van der Waals surface area (Å²) in [5.41, 5.74) is 1.33. The minimum absolute atomic E-state index is 0.203. The number of benzene rings is 1. The highest BCUT2D eigenvalue weighted by Gasteiger charge is 2.35. The fourth-order valence-corrected chi connectivity index (χ4v) is 3.76. The lowest BCUT2D eigenvalue weighted by atomic mass is 9.68. The van der Waals surface area contributed by atoms with E-state index in [-0.39, 0.29) is 11.2 Å². The second-order valence-corrected chi connectivity index (χ2v) is 8.06. The second-order valence-electron chi connectivity index (χ2n) is 7.09. The van der Waals surface area contributed by atoms with E-state index in [1.807, 2.05) is 0 Å². The maximum absolute atomic E-state index is 13.1. The molecule has 0 radical (unpaired) electrons. The van der Waals surface area contributed by atoms with E-state index in [1.54, 1.807) is 6.07 Å². The smallest absolute Gasteiger partial charge is 0.124 e. The Kier molecular flexibility index (Phi) is 5.02. The molecule has 1 aromatic carbocycles. The van der Waals surface area contributed by atoms with Gasteiger partial charge in [0.2, 0.25) is 0 Å². The van der Waals surface area contributed by atoms with Crippen LogP contribution in [0.4, 0.5) is 4.39 Å². The Labute approximate surface area is 131 Å². The maximum Gasteiger partial charge on any atom is 0.124 e. The molecule has 0 aromatic heterocycles. The molecule has 20 heavy (non-hydrogen) atoms. The molecule has 1 aliphatic rings. The van der Waals surface area contributed by atoms with Crippen LogP contribution in [0.3, 0.4) is 0 Å². The molecule has 1 saturated carbocycles. The summed E-state index contributed by atoms with van der Waals surface area (Å²) in [6.45, 7) is 6.90. The molecular weight excluding hydrogens is 294 g/mol. The molecule has 3 atom stereocenters. The van der Waals surface area contributed by atoms with Gasteiger partial charge in [-0.3, -0.25) is 0 Å². The maximum atomic E-state index is 13.1. The van der Waals surface area contributed by atoms with Crippen molar-refractivity contribution < 1.29 is 4.39 Å². The fraction of sp³-hybridized carbons (Fsp3) is 0.647. The molecule has 0 heterocycles. The van der Waals surface area contributed by atoms with Crippen LogP contribution in [0.5, 0.6) is 0 Å². The summed E-state index contributed by atoms with van der Waals surface area (Å²) in [7, 11) is 0. The topological polar surface area (TPSA) is 0 Å². The van der Waals surface area contributed by atoms with E-state index in [0.717, 1.165) is 24.8 Å². The molecule has 1 fully saturated rings. The van der Waals surface area contributed by atoms with Crippen LogP contribution >= 0.6 is 23.2 Å². The predicted molar refractivity (Wildman–Crippen MR) is 85.0 cm³/mol. The monoisotopic (exact) mass is 316 g/mol. The molecule has 3 heteroatoms. The van der Waals surface area contributed by atoms with Crippen molar-refractivity contribution in [1.29, 1.82) is 0 Å². The van der Waals surface area contributed by atoms with Crippen molar-refractivity contribution in [3.8, 4) is 0 Å². The molecule has 3 unspecified atom stereocenters. The third kappa shape index (κ3) is 3.89. The van der Waals surface area contributed by atoms with Crippen molar-refractivity contribution in [2.75, 3.05) is 0 Å². The zero-order valence-electron chi connectivity index (χ0n) is 12.4. The van der Waals surface area contributed by atoms with E-state index >= 15 is 0 Å². The fourth-order valence-electron chi connectivity index (χ4n) is 3.19. The lowest BCUT2D eigenvalue weighted by Crippen LogP contribution is -2.33. The van der Waals surface area contributed by atoms with E-state index in [2.05, 4.69) is 20.8 Å². The van der Waals surface area contributed by atoms with Gasteiger partial charge in [-0.25, -0.2) is 4.39 Å². The normalized spacial score (nSPS) is 27.6. The van der Waals surface area contributed by atoms with E-state index < -0.39 is 0 Å². The van der Waals surface area contributed by atoms with Crippen LogP contribution in [-0.2, 0) is 6.42 Å². The van der Waals surface area contributed by atoms with Crippen molar-refractivity contribution in [3.05, 3.63) is 34.6 Å². The van der Waals surface area contributed by atoms with Gasteiger partial charge in [-0.1, -0.05) is 38.4 Å². The molecule has 0 bridgehead atoms. The predicted octanol–water partition coefficient (Wildman–Crippen LogP) is 6.09. The zero-order valence-corrected chi connectivity index (χ0v) is 13.9. The van der Waals surface area contributed by atoms with Gasteiger partial charge in [-0.15, -0.1) is 11.6 Å². The van der Waals surface area contributed by atoms with Crippen molar-refractivity contribution in [3.63, 3.8) is 0 Å². The second kappa shape index (κ2) is 6.23. The first kappa shape index (κ1) is 16.1. The Hall–Kier alpha value is -0.270. The average Bonchev–Trinajstić information content (AvgIpc) is 2.33. The van der Waals surface area contributed by atoms with Crippen LogP contribution in [0.2, 0.25) is 5.02 Å². The minimum Gasteiger partial charge on any atom is -0.207 e. The van der Waals surface area contributed by atoms with Gasteiger partial charge < -0.3 is 0 Å². The molecule has 0 amide bonds. The first-order chi connectivity index (χ1) is 9.27. The van der Waals surface area contributed by atoms with Crippen molar-refractivity contribution in [2.24, 2.45) is 17.3 Å². The van der Waals surface area contributed by atoms with Crippen LogP contribution in [0.1, 0.15) is 45.6 Å². The Morgan fingerprint density at radius 3 is 2.55 bits per heavy atom. The van der Waals surface area contributed by atoms with Crippen molar-refractivity contribution in [2.45, 2.75) is 51.8 Å². The van der Waals surface area contributed by atoms with E-state index in [9.17, 15) is 4.39 Å². The molecule has 0 N–H and O–H groups in total. The molecular formula is C17H23Cl2F. The number of alkyl halides is 1. The molecule has 112 valence electrons. The van der Waals surface area contributed by atoms with Crippen LogP contribution < -0.4 is 0 Å². The van der Waals surface area contributed by atoms with Gasteiger partial charge in [0.1, 0.15) is 5.82 Å². The van der Waals surface area contributed by atoms with Crippen LogP contribution in [-0.4, -0.2) is 5.38 Å². The summed E-state index contributed by atoms with van der Waals surface area (Å²) in [5.74, 6) is 0.844. The Morgan fingerprint density at radius 2 is 1.95 bits per heavy atom. The largest absolute Gasteiger partial charge is 0.207 e. The Morgan fingerprint density at radius 1 is 1.25 bits per heavy atom. The highest BCUT2D eigenvalue weighted by molar-refractivity contribution is 6.31. The van der Waals surface area contributed by atoms with E-state index in [4.69, 9.17) is 23.2 Å². The Bertz CT molecular complexity index is 465. The summed E-state index contributed by atoms with van der Waals surface area (Å²) >= 11 is 12.7. The van der Waals surface area contributed by atoms with Gasteiger partial charge in [0, 0.05) is 10.4 Å². The third-order valence-electron chi connectivity index (χ3n) is 4.61. The summed E-state index contributed by atoms with van der Waals surface area (Å²) in [6, 6.07) is 4.67. The average molecular weight is 317 g/mol. The van der Waals surface area contributed by atoms with E-state index in [1.165, 1.54) is 18.6 Å². The van der Waals surface area contributed by atoms with Gasteiger partial charge in [-0.05, 0) is 60.6 Å². The summed E-state index contributed by atoms with van der Waals surface area (Å²) in [6.07, 6.45) is 4.24. The number of rotatable bonds is 2. The third-order valence-corrected chi connectivity index (χ3v) is 5.54. The lowest BCUT2D eigenvalue weighted by Gasteiger charge is -2.40. The van der Waals surface area contributed by atoms with Gasteiger partial charge in [-0.2, -0.15) is 0 Å². The molecule has 1 aromatic rings. The van der Waals surface area contributed by atoms with Crippen LogP contribution in [0.15, 0.2) is 18.2 Å². The lowest BCUT2D eigenvalue weighted by molar-refractivity contribution is 0.144. The highest BCUT2D eigenvalue weighted by Crippen LogP contribution is 2.43. The minimum atomic E-state index is -0.280. The van der Waals surface area contributed by atoms with Gasteiger partial charge in [0.25, 0.3) is 0 Å². The zero-order chi connectivity index (χ0) is 14.9. The summed E-state index contributed by atoms with van der Waals surface area (Å²) in [4.78, 5) is 0. The highest BCUT2D eigenvalue weighted by atomic mass is 35.5. The molecule has 1 aliphatic carbocycles. The van der Waals surface area contributed by atoms with Gasteiger partial charge >= 0.3 is 0 Å². The molecule has 0 aliphatic heterocycles.